The number of aromatic nitrogens is 2. The van der Waals surface area contributed by atoms with Crippen molar-refractivity contribution in [3.05, 3.63) is 71.9 Å². The van der Waals surface area contributed by atoms with E-state index >= 15 is 0 Å². The number of fused-ring (bicyclic) bond motifs is 1. The van der Waals surface area contributed by atoms with Crippen LogP contribution >= 0.6 is 0 Å². The lowest BCUT2D eigenvalue weighted by atomic mass is 9.85. The van der Waals surface area contributed by atoms with Crippen molar-refractivity contribution in [2.45, 2.75) is 18.9 Å². The van der Waals surface area contributed by atoms with Crippen LogP contribution in [-0.4, -0.2) is 9.97 Å². The molecule has 3 aromatic rings. The van der Waals surface area contributed by atoms with Crippen LogP contribution in [0.15, 0.2) is 54.9 Å². The predicted molar refractivity (Wildman–Crippen MR) is 81.2 cm³/mol. The summed E-state index contributed by atoms with van der Waals surface area (Å²) in [7, 11) is 0. The van der Waals surface area contributed by atoms with E-state index in [1.807, 2.05) is 37.3 Å². The van der Waals surface area contributed by atoms with Crippen LogP contribution in [0.2, 0.25) is 0 Å². The molecule has 1 unspecified atom stereocenters. The molecule has 2 N–H and O–H groups in total. The average molecular weight is 281 g/mol. The third-order valence-corrected chi connectivity index (χ3v) is 3.85. The van der Waals surface area contributed by atoms with Crippen LogP contribution in [0.25, 0.3) is 10.9 Å². The summed E-state index contributed by atoms with van der Waals surface area (Å²) >= 11 is 0. The van der Waals surface area contributed by atoms with Crippen molar-refractivity contribution in [1.29, 1.82) is 0 Å². The SMILES string of the molecule is CCC(N)(c1cnc2ccccc2c1)c1ccc(F)cn1. The van der Waals surface area contributed by atoms with Gasteiger partial charge < -0.3 is 5.73 Å². The van der Waals surface area contributed by atoms with E-state index in [4.69, 9.17) is 5.73 Å². The van der Waals surface area contributed by atoms with E-state index in [-0.39, 0.29) is 5.82 Å². The van der Waals surface area contributed by atoms with Crippen LogP contribution in [0.4, 0.5) is 4.39 Å². The molecule has 0 aliphatic rings. The number of hydrogen-bond acceptors (Lipinski definition) is 3. The van der Waals surface area contributed by atoms with Gasteiger partial charge in [-0.2, -0.15) is 0 Å². The lowest BCUT2D eigenvalue weighted by molar-refractivity contribution is 0.498. The number of benzene rings is 1. The molecule has 0 saturated heterocycles. The maximum atomic E-state index is 13.1. The van der Waals surface area contributed by atoms with Gasteiger partial charge in [-0.05, 0) is 36.2 Å². The number of nitrogens with zero attached hydrogens (tertiary/aromatic N) is 2. The summed E-state index contributed by atoms with van der Waals surface area (Å²) in [5.41, 5.74) is 8.23. The van der Waals surface area contributed by atoms with Gasteiger partial charge in [0, 0.05) is 11.6 Å². The van der Waals surface area contributed by atoms with E-state index in [9.17, 15) is 4.39 Å². The minimum absolute atomic E-state index is 0.367. The zero-order valence-corrected chi connectivity index (χ0v) is 11.8. The van der Waals surface area contributed by atoms with E-state index in [1.54, 1.807) is 12.3 Å². The lowest BCUT2D eigenvalue weighted by Crippen LogP contribution is -2.38. The topological polar surface area (TPSA) is 51.8 Å². The van der Waals surface area contributed by atoms with Crippen molar-refractivity contribution in [2.75, 3.05) is 0 Å². The Bertz CT molecular complexity index is 770. The minimum atomic E-state index is -0.773. The fourth-order valence-corrected chi connectivity index (χ4v) is 2.49. The summed E-state index contributed by atoms with van der Waals surface area (Å²) in [6.07, 6.45) is 3.61. The molecule has 0 radical (unpaired) electrons. The number of nitrogens with two attached hydrogens (primary N) is 1. The molecule has 0 saturated carbocycles. The first-order valence-corrected chi connectivity index (χ1v) is 6.89. The van der Waals surface area contributed by atoms with Crippen LogP contribution in [0.3, 0.4) is 0 Å². The van der Waals surface area contributed by atoms with Gasteiger partial charge in [-0.25, -0.2) is 4.39 Å². The highest BCUT2D eigenvalue weighted by Gasteiger charge is 2.29. The number of para-hydroxylation sites is 1. The summed E-state index contributed by atoms with van der Waals surface area (Å²) < 4.78 is 13.1. The molecule has 0 spiro atoms. The maximum absolute atomic E-state index is 13.1. The number of hydrogen-bond donors (Lipinski definition) is 1. The quantitative estimate of drug-likeness (QED) is 0.800. The van der Waals surface area contributed by atoms with Gasteiger partial charge in [0.2, 0.25) is 0 Å². The van der Waals surface area contributed by atoms with Crippen molar-refractivity contribution in [2.24, 2.45) is 5.73 Å². The van der Waals surface area contributed by atoms with E-state index in [1.165, 1.54) is 12.3 Å². The smallest absolute Gasteiger partial charge is 0.141 e. The van der Waals surface area contributed by atoms with E-state index < -0.39 is 5.54 Å². The summed E-state index contributed by atoms with van der Waals surface area (Å²) in [5.74, 6) is -0.367. The van der Waals surface area contributed by atoms with Crippen LogP contribution in [0, 0.1) is 5.82 Å². The van der Waals surface area contributed by atoms with Gasteiger partial charge in [0.15, 0.2) is 0 Å². The normalized spacial score (nSPS) is 14.0. The molecule has 2 aromatic heterocycles. The van der Waals surface area contributed by atoms with Crippen molar-refractivity contribution in [3.8, 4) is 0 Å². The molecule has 106 valence electrons. The third-order valence-electron chi connectivity index (χ3n) is 3.85. The van der Waals surface area contributed by atoms with Crippen molar-refractivity contribution < 1.29 is 4.39 Å². The second-order valence-corrected chi connectivity index (χ2v) is 5.10. The summed E-state index contributed by atoms with van der Waals surface area (Å²) in [4.78, 5) is 8.61. The van der Waals surface area contributed by atoms with Gasteiger partial charge in [-0.15, -0.1) is 0 Å². The lowest BCUT2D eigenvalue weighted by Gasteiger charge is -2.28. The Morgan fingerprint density at radius 3 is 2.62 bits per heavy atom. The monoisotopic (exact) mass is 281 g/mol. The molecule has 0 fully saturated rings. The molecule has 0 aliphatic carbocycles. The largest absolute Gasteiger partial charge is 0.316 e. The molecule has 0 aliphatic heterocycles. The van der Waals surface area contributed by atoms with Crippen LogP contribution in [-0.2, 0) is 5.54 Å². The average Bonchev–Trinajstić information content (AvgIpc) is 2.54. The predicted octanol–water partition coefficient (Wildman–Crippen LogP) is 3.38. The highest BCUT2D eigenvalue weighted by Crippen LogP contribution is 2.30. The fourth-order valence-electron chi connectivity index (χ4n) is 2.49. The molecule has 1 aromatic carbocycles. The molecule has 3 nitrogen and oxygen atoms in total. The standard InChI is InChI=1S/C17H16FN3/c1-2-17(19,16-8-7-14(18)11-21-16)13-9-12-5-3-4-6-15(12)20-10-13/h3-11H,2,19H2,1H3. The van der Waals surface area contributed by atoms with Gasteiger partial charge in [0.05, 0.1) is 22.9 Å². The van der Waals surface area contributed by atoms with Crippen molar-refractivity contribution >= 4 is 10.9 Å². The Hall–Kier alpha value is -2.33. The first-order chi connectivity index (χ1) is 10.1. The van der Waals surface area contributed by atoms with Crippen molar-refractivity contribution in [1.82, 2.24) is 9.97 Å². The number of rotatable bonds is 3. The van der Waals surface area contributed by atoms with Gasteiger partial charge in [-0.1, -0.05) is 25.1 Å². The van der Waals surface area contributed by atoms with Gasteiger partial charge >= 0.3 is 0 Å². The summed E-state index contributed by atoms with van der Waals surface area (Å²) in [5, 5.41) is 1.03. The second-order valence-electron chi connectivity index (χ2n) is 5.10. The molecule has 2 heterocycles. The molecule has 3 rings (SSSR count). The van der Waals surface area contributed by atoms with Gasteiger partial charge in [0.25, 0.3) is 0 Å². The molecule has 21 heavy (non-hydrogen) atoms. The fraction of sp³-hybridized carbons (Fsp3) is 0.176. The third kappa shape index (κ3) is 2.38. The molecule has 4 heteroatoms. The Labute approximate surface area is 122 Å². The van der Waals surface area contributed by atoms with E-state index in [2.05, 4.69) is 9.97 Å². The van der Waals surface area contributed by atoms with Crippen LogP contribution in [0.5, 0.6) is 0 Å². The Morgan fingerprint density at radius 2 is 1.90 bits per heavy atom. The van der Waals surface area contributed by atoms with Crippen LogP contribution < -0.4 is 5.73 Å². The zero-order valence-electron chi connectivity index (χ0n) is 11.8. The number of halogens is 1. The molecular weight excluding hydrogens is 265 g/mol. The highest BCUT2D eigenvalue weighted by molar-refractivity contribution is 5.79. The molecule has 1 atom stereocenters. The van der Waals surface area contributed by atoms with Crippen LogP contribution in [0.1, 0.15) is 24.6 Å². The second kappa shape index (κ2) is 5.22. The Morgan fingerprint density at radius 1 is 1.10 bits per heavy atom. The number of pyridine rings is 2. The summed E-state index contributed by atoms with van der Waals surface area (Å²) in [6, 6.07) is 12.9. The summed E-state index contributed by atoms with van der Waals surface area (Å²) in [6.45, 7) is 1.99. The van der Waals surface area contributed by atoms with E-state index in [0.717, 1.165) is 16.5 Å². The first kappa shape index (κ1) is 13.6. The Kier molecular flexibility index (Phi) is 3.39. The van der Waals surface area contributed by atoms with Gasteiger partial charge in [0.1, 0.15) is 5.82 Å². The maximum Gasteiger partial charge on any atom is 0.141 e. The van der Waals surface area contributed by atoms with Crippen molar-refractivity contribution in [3.63, 3.8) is 0 Å². The zero-order chi connectivity index (χ0) is 14.9. The first-order valence-electron chi connectivity index (χ1n) is 6.89. The van der Waals surface area contributed by atoms with E-state index in [0.29, 0.717) is 12.1 Å². The Balaban J connectivity index is 2.14. The van der Waals surface area contributed by atoms with Gasteiger partial charge in [-0.3, -0.25) is 9.97 Å². The molecule has 0 amide bonds. The highest BCUT2D eigenvalue weighted by atomic mass is 19.1. The minimum Gasteiger partial charge on any atom is -0.316 e. The molecule has 0 bridgehead atoms. The molecular formula is C17H16FN3.